The van der Waals surface area contributed by atoms with E-state index in [-0.39, 0.29) is 6.04 Å². The summed E-state index contributed by atoms with van der Waals surface area (Å²) in [6.07, 6.45) is 0. The summed E-state index contributed by atoms with van der Waals surface area (Å²) in [7, 11) is 0. The first-order chi connectivity index (χ1) is 9.52. The van der Waals surface area contributed by atoms with Gasteiger partial charge in [0.05, 0.1) is 14.9 Å². The van der Waals surface area contributed by atoms with Gasteiger partial charge in [0.2, 0.25) is 0 Å². The molecule has 0 aliphatic carbocycles. The molecule has 0 amide bonds. The maximum Gasteiger partial charge on any atom is 0.0888 e. The van der Waals surface area contributed by atoms with Crippen molar-refractivity contribution in [3.05, 3.63) is 55.1 Å². The van der Waals surface area contributed by atoms with Crippen LogP contribution in [-0.4, -0.2) is 6.54 Å². The Morgan fingerprint density at radius 2 is 1.80 bits per heavy atom. The van der Waals surface area contributed by atoms with Gasteiger partial charge < -0.3 is 5.32 Å². The highest BCUT2D eigenvalue weighted by Gasteiger charge is 2.17. The highest BCUT2D eigenvalue weighted by Crippen LogP contribution is 2.37. The molecule has 0 saturated carbocycles. The summed E-state index contributed by atoms with van der Waals surface area (Å²) in [5.41, 5.74) is 2.65. The second-order valence-corrected chi connectivity index (χ2v) is 7.89. The molecular formula is C16H19BrClNS. The van der Waals surface area contributed by atoms with Crippen molar-refractivity contribution in [2.45, 2.75) is 32.7 Å². The molecule has 1 unspecified atom stereocenters. The van der Waals surface area contributed by atoms with Crippen LogP contribution in [0.3, 0.4) is 0 Å². The number of halogens is 2. The Morgan fingerprint density at radius 3 is 2.25 bits per heavy atom. The molecule has 0 radical (unpaired) electrons. The fourth-order valence-electron chi connectivity index (χ4n) is 2.17. The number of hydrogen-bond donors (Lipinski definition) is 1. The predicted molar refractivity (Wildman–Crippen MR) is 93.1 cm³/mol. The molecule has 0 fully saturated rings. The normalized spacial score (nSPS) is 12.9. The van der Waals surface area contributed by atoms with E-state index in [1.807, 2.05) is 6.07 Å². The average molecular weight is 373 g/mol. The van der Waals surface area contributed by atoms with Crippen molar-refractivity contribution in [3.63, 3.8) is 0 Å². The third-order valence-corrected chi connectivity index (χ3v) is 5.83. The van der Waals surface area contributed by atoms with E-state index >= 15 is 0 Å². The molecule has 4 heteroatoms. The fourth-order valence-corrected chi connectivity index (χ4v) is 4.02. The Hall–Kier alpha value is -0.350. The average Bonchev–Trinajstić information content (AvgIpc) is 2.76. The van der Waals surface area contributed by atoms with E-state index in [2.05, 4.69) is 66.3 Å². The summed E-state index contributed by atoms with van der Waals surface area (Å²) >= 11 is 11.4. The third kappa shape index (κ3) is 3.64. The van der Waals surface area contributed by atoms with Gasteiger partial charge in [-0.05, 0) is 45.6 Å². The zero-order valence-corrected chi connectivity index (χ0v) is 15.1. The Morgan fingerprint density at radius 1 is 1.20 bits per heavy atom. The number of hydrogen-bond acceptors (Lipinski definition) is 2. The molecule has 1 aromatic heterocycles. The lowest BCUT2D eigenvalue weighted by Crippen LogP contribution is -2.21. The Balaban J connectivity index is 2.32. The molecule has 2 rings (SSSR count). The molecule has 0 aliphatic rings. The number of nitrogens with one attached hydrogen (secondary N) is 1. The first-order valence-corrected chi connectivity index (χ1v) is 8.79. The van der Waals surface area contributed by atoms with E-state index in [0.29, 0.717) is 5.92 Å². The van der Waals surface area contributed by atoms with Crippen molar-refractivity contribution in [2.24, 2.45) is 0 Å². The van der Waals surface area contributed by atoms with Crippen LogP contribution >= 0.6 is 38.9 Å². The van der Waals surface area contributed by atoms with Crippen LogP contribution in [-0.2, 0) is 0 Å². The molecular weight excluding hydrogens is 354 g/mol. The largest absolute Gasteiger partial charge is 0.306 e. The van der Waals surface area contributed by atoms with Crippen LogP contribution in [0.2, 0.25) is 5.02 Å². The summed E-state index contributed by atoms with van der Waals surface area (Å²) in [5, 5.41) is 4.32. The monoisotopic (exact) mass is 371 g/mol. The molecule has 20 heavy (non-hydrogen) atoms. The van der Waals surface area contributed by atoms with Crippen LogP contribution in [0.5, 0.6) is 0 Å². The Bertz CT molecular complexity index is 543. The number of rotatable bonds is 5. The van der Waals surface area contributed by atoms with Gasteiger partial charge in [0.25, 0.3) is 0 Å². The fraction of sp³-hybridized carbons (Fsp3) is 0.375. The molecule has 0 bridgehead atoms. The van der Waals surface area contributed by atoms with E-state index in [9.17, 15) is 0 Å². The Kier molecular flexibility index (Phi) is 5.67. The van der Waals surface area contributed by atoms with Crippen LogP contribution < -0.4 is 5.32 Å². The molecule has 0 saturated heterocycles. The zero-order chi connectivity index (χ0) is 14.7. The molecule has 1 aromatic carbocycles. The van der Waals surface area contributed by atoms with Gasteiger partial charge in [0.1, 0.15) is 0 Å². The van der Waals surface area contributed by atoms with Gasteiger partial charge >= 0.3 is 0 Å². The van der Waals surface area contributed by atoms with Crippen molar-refractivity contribution in [3.8, 4) is 0 Å². The van der Waals surface area contributed by atoms with Crippen LogP contribution in [0.15, 0.2) is 34.1 Å². The van der Waals surface area contributed by atoms with Crippen molar-refractivity contribution in [1.82, 2.24) is 5.32 Å². The van der Waals surface area contributed by atoms with Gasteiger partial charge in [-0.15, -0.1) is 11.3 Å². The molecule has 1 nitrogen and oxygen atoms in total. The van der Waals surface area contributed by atoms with E-state index in [4.69, 9.17) is 11.6 Å². The number of thiophene rings is 1. The summed E-state index contributed by atoms with van der Waals surface area (Å²) in [5.74, 6) is 0.562. The maximum absolute atomic E-state index is 6.16. The SMILES string of the molecule is CCNC(c1ccc(C(C)C)cc1)c1cc(Cl)c(Br)s1. The molecule has 1 heterocycles. The molecule has 1 atom stereocenters. The minimum atomic E-state index is 0.204. The van der Waals surface area contributed by atoms with Crippen molar-refractivity contribution in [2.75, 3.05) is 6.54 Å². The minimum absolute atomic E-state index is 0.204. The maximum atomic E-state index is 6.16. The first-order valence-electron chi connectivity index (χ1n) is 6.80. The van der Waals surface area contributed by atoms with E-state index in [1.54, 1.807) is 11.3 Å². The smallest absolute Gasteiger partial charge is 0.0888 e. The van der Waals surface area contributed by atoms with Crippen LogP contribution in [0.25, 0.3) is 0 Å². The van der Waals surface area contributed by atoms with E-state index < -0.39 is 0 Å². The summed E-state index contributed by atoms with van der Waals surface area (Å²) in [4.78, 5) is 1.24. The lowest BCUT2D eigenvalue weighted by molar-refractivity contribution is 0.639. The lowest BCUT2D eigenvalue weighted by atomic mass is 9.98. The summed E-state index contributed by atoms with van der Waals surface area (Å²) < 4.78 is 0.996. The standard InChI is InChI=1S/C16H19BrClNS/c1-4-19-15(14-9-13(18)16(17)20-14)12-7-5-11(6-8-12)10(2)3/h5-10,15,19H,4H2,1-3H3. The van der Waals surface area contributed by atoms with Crippen molar-refractivity contribution >= 4 is 38.9 Å². The third-order valence-electron chi connectivity index (χ3n) is 3.29. The van der Waals surface area contributed by atoms with Gasteiger partial charge in [-0.1, -0.05) is 56.6 Å². The second-order valence-electron chi connectivity index (χ2n) is 5.08. The van der Waals surface area contributed by atoms with Gasteiger partial charge in [-0.3, -0.25) is 0 Å². The van der Waals surface area contributed by atoms with Crippen LogP contribution in [0.1, 0.15) is 48.7 Å². The van der Waals surface area contributed by atoms with Gasteiger partial charge in [-0.25, -0.2) is 0 Å². The van der Waals surface area contributed by atoms with E-state index in [1.165, 1.54) is 16.0 Å². The highest BCUT2D eigenvalue weighted by atomic mass is 79.9. The van der Waals surface area contributed by atoms with Gasteiger partial charge in [0.15, 0.2) is 0 Å². The predicted octanol–water partition coefficient (Wildman–Crippen LogP) is 5.99. The lowest BCUT2D eigenvalue weighted by Gasteiger charge is -2.18. The highest BCUT2D eigenvalue weighted by molar-refractivity contribution is 9.11. The summed E-state index contributed by atoms with van der Waals surface area (Å²) in [6, 6.07) is 11.1. The number of benzene rings is 1. The molecule has 2 aromatic rings. The molecule has 0 spiro atoms. The topological polar surface area (TPSA) is 12.0 Å². The van der Waals surface area contributed by atoms with Crippen molar-refractivity contribution in [1.29, 1.82) is 0 Å². The summed E-state index contributed by atoms with van der Waals surface area (Å²) in [6.45, 7) is 7.48. The quantitative estimate of drug-likeness (QED) is 0.680. The molecule has 0 aliphatic heterocycles. The van der Waals surface area contributed by atoms with E-state index in [0.717, 1.165) is 15.4 Å². The minimum Gasteiger partial charge on any atom is -0.306 e. The molecule has 108 valence electrons. The molecule has 1 N–H and O–H groups in total. The zero-order valence-electron chi connectivity index (χ0n) is 11.9. The van der Waals surface area contributed by atoms with Crippen molar-refractivity contribution < 1.29 is 0 Å². The first kappa shape index (κ1) is 16.0. The second kappa shape index (κ2) is 7.08. The Labute approximate surface area is 138 Å². The van der Waals surface area contributed by atoms with Gasteiger partial charge in [-0.2, -0.15) is 0 Å². The van der Waals surface area contributed by atoms with Crippen LogP contribution in [0, 0.1) is 0 Å². The van der Waals surface area contributed by atoms with Gasteiger partial charge in [0, 0.05) is 4.88 Å². The van der Waals surface area contributed by atoms with Crippen LogP contribution in [0.4, 0.5) is 0 Å².